The van der Waals surface area contributed by atoms with Gasteiger partial charge in [-0.1, -0.05) is 7.77 Å². The first-order chi connectivity index (χ1) is 4.08. The number of hydrogen-bond acceptors (Lipinski definition) is 2. The minimum Gasteiger partial charge on any atom is -0.180 e. The fourth-order valence-electron chi connectivity index (χ4n) is 0.666. The van der Waals surface area contributed by atoms with E-state index in [9.17, 15) is 12.0 Å². The van der Waals surface area contributed by atoms with Crippen LogP contribution in [0.25, 0.3) is 0 Å². The molecule has 0 radical (unpaired) electrons. The van der Waals surface area contributed by atoms with Gasteiger partial charge >= 0.3 is 10.5 Å². The molecule has 1 rings (SSSR count). The maximum Gasteiger partial charge on any atom is 0.367 e. The van der Waals surface area contributed by atoms with Crippen LogP contribution in [0.1, 0.15) is 19.3 Å². The van der Waals surface area contributed by atoms with Crippen LogP contribution >= 0.6 is 0 Å². The standard InChI is InChI=1S/C4H7F2NOS/c5-9(6,8)7-4-2-1-3-4/h4H,1-3H2. The maximum atomic E-state index is 11.6. The Labute approximate surface area is 53.0 Å². The Kier molecular flexibility index (Phi) is 1.70. The van der Waals surface area contributed by atoms with Gasteiger partial charge in [-0.3, -0.25) is 0 Å². The average molecular weight is 155 g/mol. The van der Waals surface area contributed by atoms with E-state index in [1.807, 2.05) is 0 Å². The van der Waals surface area contributed by atoms with Crippen molar-refractivity contribution in [1.29, 1.82) is 0 Å². The molecule has 0 N–H and O–H groups in total. The summed E-state index contributed by atoms with van der Waals surface area (Å²) in [4.78, 5) is 0. The monoisotopic (exact) mass is 155 g/mol. The quantitative estimate of drug-likeness (QED) is 0.530. The van der Waals surface area contributed by atoms with Gasteiger partial charge in [-0.2, -0.15) is 8.57 Å². The fraction of sp³-hybridized carbons (Fsp3) is 1.00. The van der Waals surface area contributed by atoms with Gasteiger partial charge in [-0.15, -0.1) is 0 Å². The minimum absolute atomic E-state index is 0.326. The molecule has 0 bridgehead atoms. The summed E-state index contributed by atoms with van der Waals surface area (Å²) in [7, 11) is -4.81. The molecule has 54 valence electrons. The summed E-state index contributed by atoms with van der Waals surface area (Å²) < 4.78 is 35.6. The Morgan fingerprint density at radius 2 is 2.00 bits per heavy atom. The highest BCUT2D eigenvalue weighted by Crippen LogP contribution is 2.23. The lowest BCUT2D eigenvalue weighted by atomic mass is 9.95. The summed E-state index contributed by atoms with van der Waals surface area (Å²) >= 11 is 0. The van der Waals surface area contributed by atoms with Crippen molar-refractivity contribution in [3.8, 4) is 0 Å². The van der Waals surface area contributed by atoms with Crippen molar-refractivity contribution in [3.05, 3.63) is 0 Å². The number of nitrogens with zero attached hydrogens (tertiary/aromatic N) is 1. The first kappa shape index (κ1) is 6.92. The second-order valence-corrected chi connectivity index (χ2v) is 3.09. The van der Waals surface area contributed by atoms with Crippen LogP contribution in [0.5, 0.6) is 0 Å². The van der Waals surface area contributed by atoms with E-state index in [1.165, 1.54) is 0 Å². The lowest BCUT2D eigenvalue weighted by molar-refractivity contribution is 0.416. The van der Waals surface area contributed by atoms with Crippen LogP contribution in [0.2, 0.25) is 0 Å². The lowest BCUT2D eigenvalue weighted by Crippen LogP contribution is -2.15. The predicted octanol–water partition coefficient (Wildman–Crippen LogP) is 1.78. The first-order valence-corrected chi connectivity index (χ1v) is 4.05. The molecular formula is C4H7F2NOS. The van der Waals surface area contributed by atoms with Crippen molar-refractivity contribution < 1.29 is 12.0 Å². The van der Waals surface area contributed by atoms with E-state index in [0.717, 1.165) is 6.42 Å². The van der Waals surface area contributed by atoms with Crippen molar-refractivity contribution >= 4 is 10.5 Å². The van der Waals surface area contributed by atoms with E-state index >= 15 is 0 Å². The highest BCUT2D eigenvalue weighted by molar-refractivity contribution is 7.83. The van der Waals surface area contributed by atoms with E-state index in [-0.39, 0.29) is 6.04 Å². The van der Waals surface area contributed by atoms with Gasteiger partial charge in [0.15, 0.2) is 0 Å². The Bertz CT molecular complexity index is 197. The normalized spacial score (nSPS) is 21.1. The minimum atomic E-state index is -4.81. The number of hydrogen-bond donors (Lipinski definition) is 0. The SMILES string of the molecule is O=S(F)(F)=NC1CCC1. The van der Waals surface area contributed by atoms with E-state index in [0.29, 0.717) is 12.8 Å². The van der Waals surface area contributed by atoms with E-state index in [4.69, 9.17) is 0 Å². The fourth-order valence-corrected chi connectivity index (χ4v) is 1.22. The zero-order chi connectivity index (χ0) is 6.91. The van der Waals surface area contributed by atoms with Crippen LogP contribution in [-0.2, 0) is 10.5 Å². The van der Waals surface area contributed by atoms with Gasteiger partial charge in [-0.25, -0.2) is 0 Å². The second-order valence-electron chi connectivity index (χ2n) is 2.09. The van der Waals surface area contributed by atoms with Gasteiger partial charge in [-0.05, 0) is 19.3 Å². The summed E-state index contributed by atoms with van der Waals surface area (Å²) in [6.07, 6.45) is 2.28. The van der Waals surface area contributed by atoms with E-state index in [1.54, 1.807) is 0 Å². The molecule has 1 aliphatic rings. The van der Waals surface area contributed by atoms with Crippen molar-refractivity contribution in [2.75, 3.05) is 0 Å². The molecule has 0 aliphatic heterocycles. The molecule has 0 heterocycles. The molecule has 2 nitrogen and oxygen atoms in total. The number of rotatable bonds is 1. The highest BCUT2D eigenvalue weighted by atomic mass is 32.3. The van der Waals surface area contributed by atoms with Gasteiger partial charge in [0.2, 0.25) is 0 Å². The average Bonchev–Trinajstić information content (AvgIpc) is 1.53. The Morgan fingerprint density at radius 3 is 2.11 bits per heavy atom. The van der Waals surface area contributed by atoms with Crippen LogP contribution in [0.3, 0.4) is 0 Å². The molecule has 0 amide bonds. The van der Waals surface area contributed by atoms with Crippen LogP contribution in [0, 0.1) is 0 Å². The second kappa shape index (κ2) is 2.21. The predicted molar refractivity (Wildman–Crippen MR) is 30.4 cm³/mol. The molecule has 0 spiro atoms. The molecule has 1 fully saturated rings. The molecule has 0 aromatic heterocycles. The Balaban J connectivity index is 2.57. The summed E-state index contributed by atoms with van der Waals surface area (Å²) in [5, 5.41) is 0. The Morgan fingerprint density at radius 1 is 1.44 bits per heavy atom. The molecule has 0 aromatic carbocycles. The third-order valence-corrected chi connectivity index (χ3v) is 1.89. The van der Waals surface area contributed by atoms with E-state index < -0.39 is 10.5 Å². The largest absolute Gasteiger partial charge is 0.367 e. The third-order valence-electron chi connectivity index (χ3n) is 1.35. The zero-order valence-electron chi connectivity index (χ0n) is 4.72. The molecule has 0 atom stereocenters. The number of halogens is 2. The van der Waals surface area contributed by atoms with Crippen LogP contribution < -0.4 is 0 Å². The molecule has 9 heavy (non-hydrogen) atoms. The topological polar surface area (TPSA) is 29.4 Å². The summed E-state index contributed by atoms with van der Waals surface area (Å²) in [5.74, 6) is 0. The summed E-state index contributed by atoms with van der Waals surface area (Å²) in [6, 6.07) is -0.326. The summed E-state index contributed by atoms with van der Waals surface area (Å²) in [6.45, 7) is 0. The van der Waals surface area contributed by atoms with Crippen molar-refractivity contribution in [1.82, 2.24) is 0 Å². The van der Waals surface area contributed by atoms with Crippen LogP contribution in [0.15, 0.2) is 4.36 Å². The molecule has 1 saturated carbocycles. The first-order valence-electron chi connectivity index (χ1n) is 2.73. The zero-order valence-corrected chi connectivity index (χ0v) is 5.53. The van der Waals surface area contributed by atoms with Crippen LogP contribution in [-0.4, -0.2) is 10.3 Å². The highest BCUT2D eigenvalue weighted by Gasteiger charge is 2.19. The van der Waals surface area contributed by atoms with Gasteiger partial charge < -0.3 is 0 Å². The molecule has 0 saturated heterocycles. The Hall–Kier alpha value is -0.190. The molecule has 5 heteroatoms. The van der Waals surface area contributed by atoms with Gasteiger partial charge in [0.25, 0.3) is 0 Å². The van der Waals surface area contributed by atoms with Crippen LogP contribution in [0.4, 0.5) is 7.77 Å². The maximum absolute atomic E-state index is 11.6. The smallest absolute Gasteiger partial charge is 0.180 e. The summed E-state index contributed by atoms with van der Waals surface area (Å²) in [5.41, 5.74) is 0. The molecule has 1 aliphatic carbocycles. The molecule has 0 unspecified atom stereocenters. The molecule has 0 aromatic rings. The van der Waals surface area contributed by atoms with Gasteiger partial charge in [0, 0.05) is 0 Å². The lowest BCUT2D eigenvalue weighted by Gasteiger charge is -2.18. The van der Waals surface area contributed by atoms with E-state index in [2.05, 4.69) is 4.36 Å². The van der Waals surface area contributed by atoms with Gasteiger partial charge in [0.05, 0.1) is 6.04 Å². The van der Waals surface area contributed by atoms with Crippen molar-refractivity contribution in [2.45, 2.75) is 25.3 Å². The van der Waals surface area contributed by atoms with Crippen molar-refractivity contribution in [2.24, 2.45) is 4.36 Å². The molecular weight excluding hydrogens is 148 g/mol. The van der Waals surface area contributed by atoms with Gasteiger partial charge in [0.1, 0.15) is 0 Å². The third kappa shape index (κ3) is 2.26. The van der Waals surface area contributed by atoms with Crippen molar-refractivity contribution in [3.63, 3.8) is 0 Å².